The molecule has 2 aromatic rings. The molecule has 1 fully saturated rings. The molecule has 1 saturated heterocycles. The summed E-state index contributed by atoms with van der Waals surface area (Å²) in [5, 5.41) is 12.2. The summed E-state index contributed by atoms with van der Waals surface area (Å²) in [5.74, 6) is 0.207. The zero-order chi connectivity index (χ0) is 18.9. The number of hydrogen-bond acceptors (Lipinski definition) is 7. The topological polar surface area (TPSA) is 98.1 Å². The van der Waals surface area contributed by atoms with Gasteiger partial charge in [0.1, 0.15) is 0 Å². The molecular formula is C16H21N5O3S2. The van der Waals surface area contributed by atoms with Gasteiger partial charge in [0.15, 0.2) is 9.84 Å². The number of nitrogens with zero attached hydrogens (tertiary/aromatic N) is 5. The van der Waals surface area contributed by atoms with Crippen molar-refractivity contribution in [1.82, 2.24) is 25.1 Å². The monoisotopic (exact) mass is 395 g/mol. The van der Waals surface area contributed by atoms with Crippen molar-refractivity contribution in [2.45, 2.75) is 31.5 Å². The van der Waals surface area contributed by atoms with Crippen molar-refractivity contribution in [2.24, 2.45) is 0 Å². The molecule has 1 atom stereocenters. The van der Waals surface area contributed by atoms with Crippen LogP contribution in [0.3, 0.4) is 0 Å². The molecule has 26 heavy (non-hydrogen) atoms. The van der Waals surface area contributed by atoms with E-state index in [0.717, 1.165) is 11.3 Å². The number of aryl methyl sites for hydroxylation is 2. The predicted molar refractivity (Wildman–Crippen MR) is 99.2 cm³/mol. The second-order valence-electron chi connectivity index (χ2n) is 6.49. The Morgan fingerprint density at radius 2 is 2.12 bits per heavy atom. The average molecular weight is 396 g/mol. The number of rotatable bonds is 5. The van der Waals surface area contributed by atoms with Gasteiger partial charge < -0.3 is 4.90 Å². The smallest absolute Gasteiger partial charge is 0.233 e. The summed E-state index contributed by atoms with van der Waals surface area (Å²) in [6, 6.07) is 5.68. The molecular weight excluding hydrogens is 374 g/mol. The first-order valence-corrected chi connectivity index (χ1v) is 11.0. The molecule has 10 heteroatoms. The van der Waals surface area contributed by atoms with Crippen LogP contribution in [0.2, 0.25) is 0 Å². The van der Waals surface area contributed by atoms with Gasteiger partial charge in [-0.2, -0.15) is 4.68 Å². The number of thioether (sulfide) groups is 1. The lowest BCUT2D eigenvalue weighted by Crippen LogP contribution is -2.38. The zero-order valence-corrected chi connectivity index (χ0v) is 16.5. The number of benzene rings is 1. The van der Waals surface area contributed by atoms with E-state index in [4.69, 9.17) is 0 Å². The van der Waals surface area contributed by atoms with Gasteiger partial charge in [0.2, 0.25) is 11.1 Å². The number of aromatic nitrogens is 4. The highest BCUT2D eigenvalue weighted by atomic mass is 32.2. The molecule has 0 N–H and O–H groups in total. The fraction of sp³-hybridized carbons (Fsp3) is 0.500. The minimum Gasteiger partial charge on any atom is -0.341 e. The fourth-order valence-electron chi connectivity index (χ4n) is 2.80. The maximum atomic E-state index is 12.4. The van der Waals surface area contributed by atoms with Gasteiger partial charge in [0.25, 0.3) is 0 Å². The maximum Gasteiger partial charge on any atom is 0.233 e. The first kappa shape index (κ1) is 18.8. The Morgan fingerprint density at radius 3 is 2.77 bits per heavy atom. The lowest BCUT2D eigenvalue weighted by atomic mass is 10.1. The highest BCUT2D eigenvalue weighted by molar-refractivity contribution is 7.99. The van der Waals surface area contributed by atoms with Crippen LogP contribution in [-0.4, -0.2) is 69.8 Å². The van der Waals surface area contributed by atoms with Crippen molar-refractivity contribution in [3.05, 3.63) is 29.3 Å². The van der Waals surface area contributed by atoms with Crippen LogP contribution in [0.15, 0.2) is 23.4 Å². The number of tetrazole rings is 1. The third-order valence-corrected chi connectivity index (χ3v) is 7.30. The first-order valence-electron chi connectivity index (χ1n) is 8.22. The van der Waals surface area contributed by atoms with E-state index in [2.05, 4.69) is 15.5 Å². The van der Waals surface area contributed by atoms with Crippen molar-refractivity contribution in [1.29, 1.82) is 0 Å². The van der Waals surface area contributed by atoms with Crippen LogP contribution in [0.5, 0.6) is 0 Å². The van der Waals surface area contributed by atoms with Crippen LogP contribution in [0.1, 0.15) is 17.5 Å². The first-order chi connectivity index (χ1) is 12.3. The molecule has 0 radical (unpaired) electrons. The fourth-order valence-corrected chi connectivity index (χ4v) is 5.39. The number of sulfone groups is 1. The molecule has 2 heterocycles. The third-order valence-electron chi connectivity index (χ3n) is 4.65. The van der Waals surface area contributed by atoms with Gasteiger partial charge in [0.05, 0.1) is 22.9 Å². The van der Waals surface area contributed by atoms with E-state index in [1.807, 2.05) is 32.0 Å². The molecule has 0 saturated carbocycles. The molecule has 0 spiro atoms. The predicted octanol–water partition coefficient (Wildman–Crippen LogP) is 1.02. The summed E-state index contributed by atoms with van der Waals surface area (Å²) in [6.07, 6.45) is 0.496. The van der Waals surface area contributed by atoms with Gasteiger partial charge in [0, 0.05) is 13.1 Å². The average Bonchev–Trinajstić information content (AvgIpc) is 3.20. The molecule has 0 bridgehead atoms. The van der Waals surface area contributed by atoms with Crippen LogP contribution in [0.25, 0.3) is 5.69 Å². The highest BCUT2D eigenvalue weighted by Gasteiger charge is 2.32. The van der Waals surface area contributed by atoms with Crippen molar-refractivity contribution in [2.75, 3.05) is 24.3 Å². The largest absolute Gasteiger partial charge is 0.341 e. The Hall–Kier alpha value is -1.94. The molecule has 1 aromatic heterocycles. The van der Waals surface area contributed by atoms with Crippen molar-refractivity contribution in [3.63, 3.8) is 0 Å². The molecule has 0 unspecified atom stereocenters. The SMILES string of the molecule is Cc1ccc(-n2nnnc2SCC(=O)N(C)[C@@H]2CCS(=O)(=O)C2)cc1C. The molecule has 1 amide bonds. The van der Waals surface area contributed by atoms with E-state index in [1.165, 1.54) is 22.2 Å². The van der Waals surface area contributed by atoms with Crippen LogP contribution >= 0.6 is 11.8 Å². The Kier molecular flexibility index (Phi) is 5.33. The second kappa shape index (κ2) is 7.36. The quantitative estimate of drug-likeness (QED) is 0.697. The lowest BCUT2D eigenvalue weighted by Gasteiger charge is -2.23. The Morgan fingerprint density at radius 1 is 1.35 bits per heavy atom. The normalized spacial score (nSPS) is 18.8. The minimum absolute atomic E-state index is 0.0420. The van der Waals surface area contributed by atoms with Crippen molar-refractivity contribution >= 4 is 27.5 Å². The number of hydrogen-bond donors (Lipinski definition) is 0. The van der Waals surface area contributed by atoms with Crippen LogP contribution in [-0.2, 0) is 14.6 Å². The van der Waals surface area contributed by atoms with E-state index in [9.17, 15) is 13.2 Å². The Balaban J connectivity index is 1.66. The highest BCUT2D eigenvalue weighted by Crippen LogP contribution is 2.22. The number of carbonyl (C=O) groups is 1. The van der Waals surface area contributed by atoms with E-state index in [0.29, 0.717) is 11.6 Å². The minimum atomic E-state index is -3.02. The van der Waals surface area contributed by atoms with Crippen LogP contribution in [0.4, 0.5) is 0 Å². The van der Waals surface area contributed by atoms with Gasteiger partial charge >= 0.3 is 0 Å². The van der Waals surface area contributed by atoms with Gasteiger partial charge in [-0.1, -0.05) is 17.8 Å². The van der Waals surface area contributed by atoms with Crippen molar-refractivity contribution < 1.29 is 13.2 Å². The summed E-state index contributed by atoms with van der Waals surface area (Å²) < 4.78 is 24.8. The molecule has 8 nitrogen and oxygen atoms in total. The standard InChI is InChI=1S/C16H21N5O3S2/c1-11-4-5-13(8-12(11)2)21-16(17-18-19-21)25-9-15(22)20(3)14-6-7-26(23,24)10-14/h4-5,8,14H,6-7,9-10H2,1-3H3/t14-/m1/s1. The second-order valence-corrected chi connectivity index (χ2v) is 9.66. The molecule has 1 aliphatic rings. The van der Waals surface area contributed by atoms with E-state index < -0.39 is 9.84 Å². The molecule has 1 aromatic carbocycles. The summed E-state index contributed by atoms with van der Waals surface area (Å²) >= 11 is 1.24. The number of amides is 1. The van der Waals surface area contributed by atoms with E-state index >= 15 is 0 Å². The zero-order valence-electron chi connectivity index (χ0n) is 14.9. The lowest BCUT2D eigenvalue weighted by molar-refractivity contribution is -0.128. The Bertz CT molecular complexity index is 926. The number of carbonyl (C=O) groups excluding carboxylic acids is 1. The van der Waals surface area contributed by atoms with Gasteiger partial charge in [-0.05, 0) is 54.0 Å². The van der Waals surface area contributed by atoms with E-state index in [-0.39, 0.29) is 29.2 Å². The Labute approximate surface area is 156 Å². The molecule has 1 aliphatic heterocycles. The summed E-state index contributed by atoms with van der Waals surface area (Å²) in [7, 11) is -1.37. The summed E-state index contributed by atoms with van der Waals surface area (Å²) in [5.41, 5.74) is 3.15. The molecule has 3 rings (SSSR count). The summed E-state index contributed by atoms with van der Waals surface area (Å²) in [6.45, 7) is 4.05. The summed E-state index contributed by atoms with van der Waals surface area (Å²) in [4.78, 5) is 13.9. The molecule has 140 valence electrons. The van der Waals surface area contributed by atoms with Gasteiger partial charge in [-0.15, -0.1) is 5.10 Å². The van der Waals surface area contributed by atoms with Gasteiger partial charge in [-0.25, -0.2) is 8.42 Å². The van der Waals surface area contributed by atoms with Crippen LogP contribution < -0.4 is 0 Å². The molecule has 0 aliphatic carbocycles. The van der Waals surface area contributed by atoms with Crippen molar-refractivity contribution in [3.8, 4) is 5.69 Å². The maximum absolute atomic E-state index is 12.4. The van der Waals surface area contributed by atoms with Crippen LogP contribution in [0, 0.1) is 13.8 Å². The third kappa shape index (κ3) is 4.07. The van der Waals surface area contributed by atoms with Gasteiger partial charge in [-0.3, -0.25) is 4.79 Å². The van der Waals surface area contributed by atoms with E-state index in [1.54, 1.807) is 11.7 Å².